The number of benzene rings is 1. The second kappa shape index (κ2) is 16.8. The number of esters is 2. The molecule has 0 fully saturated rings. The van der Waals surface area contributed by atoms with E-state index in [1.165, 1.54) is 44.9 Å². The number of carbonyl (C=O) groups is 2. The van der Waals surface area contributed by atoms with Crippen molar-refractivity contribution >= 4 is 34.5 Å². The normalized spacial score (nSPS) is 10.6. The Morgan fingerprint density at radius 1 is 0.786 bits per heavy atom. The van der Waals surface area contributed by atoms with Gasteiger partial charge in [0.05, 0.1) is 6.61 Å². The number of rotatable bonds is 16. The molecule has 1 aromatic carbocycles. The summed E-state index contributed by atoms with van der Waals surface area (Å²) in [5, 5.41) is 0. The zero-order chi connectivity index (χ0) is 20.5. The third-order valence-electron chi connectivity index (χ3n) is 4.62. The van der Waals surface area contributed by atoms with Crippen molar-refractivity contribution in [2.75, 3.05) is 6.61 Å². The number of hydrogen-bond donors (Lipinski definition) is 0. The molecule has 1 aromatic rings. The highest BCUT2D eigenvalue weighted by molar-refractivity contribution is 14.1. The van der Waals surface area contributed by atoms with Crippen molar-refractivity contribution in [1.82, 2.24) is 0 Å². The first-order chi connectivity index (χ1) is 13.6. The predicted octanol–water partition coefficient (Wildman–Crippen LogP) is 6.58. The molecule has 0 aromatic heterocycles. The van der Waals surface area contributed by atoms with Crippen LogP contribution in [0.25, 0.3) is 0 Å². The molecule has 0 aliphatic carbocycles. The fourth-order valence-corrected chi connectivity index (χ4v) is 3.44. The lowest BCUT2D eigenvalue weighted by Crippen LogP contribution is -2.09. The number of unbranched alkanes of at least 4 members (excludes halogenated alkanes) is 8. The molecule has 0 bridgehead atoms. The molecule has 0 amide bonds. The van der Waals surface area contributed by atoms with E-state index in [9.17, 15) is 9.59 Å². The molecule has 5 heteroatoms. The van der Waals surface area contributed by atoms with Crippen LogP contribution in [0, 0.1) is 3.57 Å². The van der Waals surface area contributed by atoms with Crippen LogP contribution in [0.3, 0.4) is 0 Å². The van der Waals surface area contributed by atoms with Crippen LogP contribution in [-0.4, -0.2) is 18.5 Å². The summed E-state index contributed by atoms with van der Waals surface area (Å²) in [5.41, 5.74) is 0.997. The van der Waals surface area contributed by atoms with Crippen molar-refractivity contribution in [3.8, 4) is 0 Å². The number of ether oxygens (including phenoxy) is 2. The molecule has 0 heterocycles. The van der Waals surface area contributed by atoms with Gasteiger partial charge in [-0.05, 0) is 41.5 Å². The molecule has 1 rings (SSSR count). The van der Waals surface area contributed by atoms with Gasteiger partial charge in [0.25, 0.3) is 0 Å². The highest BCUT2D eigenvalue weighted by atomic mass is 127. The molecule has 0 atom stereocenters. The molecule has 0 spiro atoms. The maximum atomic E-state index is 11.8. The maximum Gasteiger partial charge on any atom is 0.306 e. The van der Waals surface area contributed by atoms with Crippen LogP contribution in [0.15, 0.2) is 24.3 Å². The summed E-state index contributed by atoms with van der Waals surface area (Å²) in [5.74, 6) is -0.489. The van der Waals surface area contributed by atoms with E-state index in [4.69, 9.17) is 9.47 Å². The summed E-state index contributed by atoms with van der Waals surface area (Å²) < 4.78 is 11.6. The van der Waals surface area contributed by atoms with Gasteiger partial charge in [-0.2, -0.15) is 0 Å². The minimum Gasteiger partial charge on any atom is -0.466 e. The third kappa shape index (κ3) is 13.1. The predicted molar refractivity (Wildman–Crippen MR) is 121 cm³/mol. The summed E-state index contributed by atoms with van der Waals surface area (Å²) >= 11 is 2.22. The van der Waals surface area contributed by atoms with Gasteiger partial charge in [-0.25, -0.2) is 0 Å². The van der Waals surface area contributed by atoms with Gasteiger partial charge >= 0.3 is 11.9 Å². The average Bonchev–Trinajstić information content (AvgIpc) is 2.69. The fourth-order valence-electron chi connectivity index (χ4n) is 2.89. The summed E-state index contributed by atoms with van der Waals surface area (Å²) in [6.45, 7) is 3.01. The van der Waals surface area contributed by atoms with Crippen molar-refractivity contribution < 1.29 is 19.1 Å². The minimum absolute atomic E-state index is 0.218. The Morgan fingerprint density at radius 3 is 2.00 bits per heavy atom. The zero-order valence-corrected chi connectivity index (χ0v) is 19.4. The Hall–Kier alpha value is -1.11. The standard InChI is InChI=1S/C23H35IO4/c1-2-3-4-5-6-7-8-9-12-18-27-22(25)16-13-17-23(26)28-19-20-14-10-11-15-21(20)24/h10-11,14-15H,2-9,12-13,16-19H2,1H3. The topological polar surface area (TPSA) is 52.6 Å². The van der Waals surface area contributed by atoms with E-state index in [0.29, 0.717) is 13.0 Å². The van der Waals surface area contributed by atoms with Crippen molar-refractivity contribution in [3.05, 3.63) is 33.4 Å². The number of carbonyl (C=O) groups excluding carboxylic acids is 2. The zero-order valence-electron chi connectivity index (χ0n) is 17.2. The molecule has 0 N–H and O–H groups in total. The monoisotopic (exact) mass is 502 g/mol. The van der Waals surface area contributed by atoms with Gasteiger partial charge in [0, 0.05) is 22.0 Å². The lowest BCUT2D eigenvalue weighted by molar-refractivity contribution is -0.146. The summed E-state index contributed by atoms with van der Waals surface area (Å²) in [6, 6.07) is 7.80. The number of halogens is 1. The van der Waals surface area contributed by atoms with Gasteiger partial charge in [0.15, 0.2) is 0 Å². The Morgan fingerprint density at radius 2 is 1.36 bits per heavy atom. The van der Waals surface area contributed by atoms with Gasteiger partial charge in [-0.15, -0.1) is 0 Å². The van der Waals surface area contributed by atoms with E-state index in [1.54, 1.807) is 0 Å². The van der Waals surface area contributed by atoms with Crippen molar-refractivity contribution in [2.24, 2.45) is 0 Å². The van der Waals surface area contributed by atoms with Crippen LogP contribution in [0.4, 0.5) is 0 Å². The van der Waals surface area contributed by atoms with Gasteiger partial charge < -0.3 is 9.47 Å². The SMILES string of the molecule is CCCCCCCCCCCOC(=O)CCCC(=O)OCc1ccccc1I. The van der Waals surface area contributed by atoms with E-state index in [0.717, 1.165) is 22.0 Å². The highest BCUT2D eigenvalue weighted by Gasteiger charge is 2.08. The second-order valence-corrected chi connectivity index (χ2v) is 8.32. The van der Waals surface area contributed by atoms with E-state index < -0.39 is 0 Å². The van der Waals surface area contributed by atoms with Gasteiger partial charge in [-0.3, -0.25) is 9.59 Å². The molecule has 0 saturated heterocycles. The van der Waals surface area contributed by atoms with Crippen LogP contribution in [-0.2, 0) is 25.7 Å². The Labute approximate surface area is 183 Å². The smallest absolute Gasteiger partial charge is 0.306 e. The first-order valence-corrected chi connectivity index (χ1v) is 11.8. The van der Waals surface area contributed by atoms with Crippen LogP contribution >= 0.6 is 22.6 Å². The van der Waals surface area contributed by atoms with Gasteiger partial charge in [-0.1, -0.05) is 76.5 Å². The quantitative estimate of drug-likeness (QED) is 0.146. The van der Waals surface area contributed by atoms with Crippen LogP contribution in [0.5, 0.6) is 0 Å². The number of hydrogen-bond acceptors (Lipinski definition) is 4. The van der Waals surface area contributed by atoms with Gasteiger partial charge in [0.1, 0.15) is 6.61 Å². The maximum absolute atomic E-state index is 11.8. The summed E-state index contributed by atoms with van der Waals surface area (Å²) in [4.78, 5) is 23.5. The van der Waals surface area contributed by atoms with E-state index in [-0.39, 0.29) is 31.4 Å². The molecule has 0 aliphatic heterocycles. The summed E-state index contributed by atoms with van der Waals surface area (Å²) in [6.07, 6.45) is 12.2. The molecule has 0 unspecified atom stereocenters. The second-order valence-electron chi connectivity index (χ2n) is 7.15. The van der Waals surface area contributed by atoms with E-state index in [1.807, 2.05) is 24.3 Å². The van der Waals surface area contributed by atoms with Crippen molar-refractivity contribution in [1.29, 1.82) is 0 Å². The highest BCUT2D eigenvalue weighted by Crippen LogP contribution is 2.13. The molecule has 158 valence electrons. The molecule has 0 radical (unpaired) electrons. The fraction of sp³-hybridized carbons (Fsp3) is 0.652. The Bertz CT molecular complexity index is 559. The molecule has 28 heavy (non-hydrogen) atoms. The first-order valence-electron chi connectivity index (χ1n) is 10.7. The Kier molecular flexibility index (Phi) is 15.0. The molecule has 4 nitrogen and oxygen atoms in total. The van der Waals surface area contributed by atoms with Crippen molar-refractivity contribution in [2.45, 2.75) is 90.6 Å². The molecular formula is C23H35IO4. The Balaban J connectivity index is 1.93. The van der Waals surface area contributed by atoms with Crippen LogP contribution in [0.2, 0.25) is 0 Å². The largest absolute Gasteiger partial charge is 0.466 e. The molecule has 0 aliphatic rings. The lowest BCUT2D eigenvalue weighted by Gasteiger charge is -2.07. The van der Waals surface area contributed by atoms with Crippen molar-refractivity contribution in [3.63, 3.8) is 0 Å². The van der Waals surface area contributed by atoms with Crippen LogP contribution in [0.1, 0.15) is 89.5 Å². The molecule has 0 saturated carbocycles. The summed E-state index contributed by atoms with van der Waals surface area (Å²) in [7, 11) is 0. The van der Waals surface area contributed by atoms with E-state index >= 15 is 0 Å². The van der Waals surface area contributed by atoms with Crippen LogP contribution < -0.4 is 0 Å². The third-order valence-corrected chi connectivity index (χ3v) is 5.67. The lowest BCUT2D eigenvalue weighted by atomic mass is 10.1. The minimum atomic E-state index is -0.272. The van der Waals surface area contributed by atoms with Gasteiger partial charge in [0.2, 0.25) is 0 Å². The van der Waals surface area contributed by atoms with E-state index in [2.05, 4.69) is 29.5 Å². The molecular weight excluding hydrogens is 467 g/mol. The first kappa shape index (κ1) is 24.9. The average molecular weight is 502 g/mol.